The molecule has 0 saturated heterocycles. The van der Waals surface area contributed by atoms with Crippen LogP contribution in [0.1, 0.15) is 11.1 Å². The first-order valence-corrected chi connectivity index (χ1v) is 6.19. The van der Waals surface area contributed by atoms with Crippen LogP contribution in [-0.4, -0.2) is 10.9 Å². The van der Waals surface area contributed by atoms with Crippen LogP contribution >= 0.6 is 11.6 Å². The van der Waals surface area contributed by atoms with E-state index in [9.17, 15) is 4.79 Å². The second-order valence-electron chi connectivity index (χ2n) is 4.27. The molecule has 0 aliphatic heterocycles. The van der Waals surface area contributed by atoms with Gasteiger partial charge in [0.05, 0.1) is 12.1 Å². The van der Waals surface area contributed by atoms with Crippen LogP contribution in [-0.2, 0) is 11.2 Å². The fourth-order valence-corrected chi connectivity index (χ4v) is 1.85. The standard InChI is InChI=1S/C14H14ClN3O/c1-9-6-12(14(15)17-8-9)18-13(19)7-10-4-2-3-5-11(10)16/h2-6,8H,7,16H2,1H3,(H,18,19). The van der Waals surface area contributed by atoms with E-state index in [1.807, 2.05) is 25.1 Å². The van der Waals surface area contributed by atoms with Crippen molar-refractivity contribution in [2.75, 3.05) is 11.1 Å². The number of pyridine rings is 1. The van der Waals surface area contributed by atoms with Crippen LogP contribution < -0.4 is 11.1 Å². The maximum absolute atomic E-state index is 11.9. The summed E-state index contributed by atoms with van der Waals surface area (Å²) in [6.07, 6.45) is 1.85. The zero-order valence-electron chi connectivity index (χ0n) is 10.5. The van der Waals surface area contributed by atoms with Crippen molar-refractivity contribution in [2.24, 2.45) is 0 Å². The fourth-order valence-electron chi connectivity index (χ4n) is 1.70. The average molecular weight is 276 g/mol. The van der Waals surface area contributed by atoms with Crippen molar-refractivity contribution in [1.29, 1.82) is 0 Å². The molecular weight excluding hydrogens is 262 g/mol. The van der Waals surface area contributed by atoms with Gasteiger partial charge in [-0.2, -0.15) is 0 Å². The molecule has 19 heavy (non-hydrogen) atoms. The number of nitrogens with two attached hydrogens (primary N) is 1. The smallest absolute Gasteiger partial charge is 0.228 e. The maximum Gasteiger partial charge on any atom is 0.228 e. The van der Waals surface area contributed by atoms with Crippen molar-refractivity contribution in [1.82, 2.24) is 4.98 Å². The summed E-state index contributed by atoms with van der Waals surface area (Å²) in [5.41, 5.74) is 8.63. The van der Waals surface area contributed by atoms with Crippen molar-refractivity contribution in [2.45, 2.75) is 13.3 Å². The summed E-state index contributed by atoms with van der Waals surface area (Å²) in [4.78, 5) is 15.9. The number of rotatable bonds is 3. The van der Waals surface area contributed by atoms with E-state index in [0.717, 1.165) is 11.1 Å². The Balaban J connectivity index is 2.10. The van der Waals surface area contributed by atoms with Gasteiger partial charge < -0.3 is 11.1 Å². The lowest BCUT2D eigenvalue weighted by molar-refractivity contribution is -0.115. The van der Waals surface area contributed by atoms with Gasteiger partial charge in [0, 0.05) is 11.9 Å². The van der Waals surface area contributed by atoms with Crippen LogP contribution in [0.5, 0.6) is 0 Å². The predicted octanol–water partition coefficient (Wildman–Crippen LogP) is 2.81. The van der Waals surface area contributed by atoms with Gasteiger partial charge >= 0.3 is 0 Å². The number of carbonyl (C=O) groups is 1. The Morgan fingerprint density at radius 2 is 2.16 bits per heavy atom. The fraction of sp³-hybridized carbons (Fsp3) is 0.143. The Labute approximate surface area is 116 Å². The van der Waals surface area contributed by atoms with E-state index in [-0.39, 0.29) is 17.5 Å². The molecule has 3 N–H and O–H groups in total. The summed E-state index contributed by atoms with van der Waals surface area (Å²) in [7, 11) is 0. The minimum absolute atomic E-state index is 0.174. The van der Waals surface area contributed by atoms with Crippen LogP contribution in [0, 0.1) is 6.92 Å². The summed E-state index contributed by atoms with van der Waals surface area (Å²) in [6, 6.07) is 9.05. The molecule has 0 radical (unpaired) electrons. The summed E-state index contributed by atoms with van der Waals surface area (Å²) >= 11 is 5.92. The first kappa shape index (κ1) is 13.4. The first-order chi connectivity index (χ1) is 9.06. The molecular formula is C14H14ClN3O. The van der Waals surface area contributed by atoms with Crippen molar-refractivity contribution >= 4 is 28.9 Å². The number of nitrogens with zero attached hydrogens (tertiary/aromatic N) is 1. The molecule has 0 spiro atoms. The molecule has 0 fully saturated rings. The molecule has 4 nitrogen and oxygen atoms in total. The van der Waals surface area contributed by atoms with Crippen LogP contribution in [0.25, 0.3) is 0 Å². The van der Waals surface area contributed by atoms with Crippen LogP contribution in [0.2, 0.25) is 5.15 Å². The van der Waals surface area contributed by atoms with Crippen LogP contribution in [0.15, 0.2) is 36.5 Å². The molecule has 0 atom stereocenters. The van der Waals surface area contributed by atoms with Crippen molar-refractivity contribution in [3.05, 3.63) is 52.8 Å². The van der Waals surface area contributed by atoms with Gasteiger partial charge in [-0.1, -0.05) is 29.8 Å². The van der Waals surface area contributed by atoms with Gasteiger partial charge in [0.25, 0.3) is 0 Å². The summed E-state index contributed by atoms with van der Waals surface area (Å²) < 4.78 is 0. The Morgan fingerprint density at radius 1 is 1.42 bits per heavy atom. The largest absolute Gasteiger partial charge is 0.398 e. The summed E-state index contributed by atoms with van der Waals surface area (Å²) in [6.45, 7) is 1.88. The lowest BCUT2D eigenvalue weighted by atomic mass is 10.1. The quantitative estimate of drug-likeness (QED) is 0.668. The second-order valence-corrected chi connectivity index (χ2v) is 4.63. The van der Waals surface area contributed by atoms with E-state index in [0.29, 0.717) is 11.4 Å². The van der Waals surface area contributed by atoms with E-state index in [4.69, 9.17) is 17.3 Å². The molecule has 0 unspecified atom stereocenters. The number of para-hydroxylation sites is 1. The van der Waals surface area contributed by atoms with Crippen molar-refractivity contribution in [3.8, 4) is 0 Å². The third-order valence-electron chi connectivity index (χ3n) is 2.66. The highest BCUT2D eigenvalue weighted by Crippen LogP contribution is 2.20. The number of aryl methyl sites for hydroxylation is 1. The van der Waals surface area contributed by atoms with E-state index in [1.165, 1.54) is 0 Å². The Morgan fingerprint density at radius 3 is 2.89 bits per heavy atom. The molecule has 1 amide bonds. The first-order valence-electron chi connectivity index (χ1n) is 5.81. The number of amides is 1. The van der Waals surface area contributed by atoms with E-state index >= 15 is 0 Å². The highest BCUT2D eigenvalue weighted by Gasteiger charge is 2.09. The number of anilines is 2. The highest BCUT2D eigenvalue weighted by atomic mass is 35.5. The summed E-state index contributed by atoms with van der Waals surface area (Å²) in [5.74, 6) is -0.174. The summed E-state index contributed by atoms with van der Waals surface area (Å²) in [5, 5.41) is 3.02. The lowest BCUT2D eigenvalue weighted by Crippen LogP contribution is -2.16. The molecule has 98 valence electrons. The normalized spacial score (nSPS) is 10.2. The van der Waals surface area contributed by atoms with Crippen molar-refractivity contribution in [3.63, 3.8) is 0 Å². The number of nitrogen functional groups attached to an aromatic ring is 1. The number of aromatic nitrogens is 1. The molecule has 0 saturated carbocycles. The number of carbonyl (C=O) groups excluding carboxylic acids is 1. The molecule has 1 aromatic carbocycles. The zero-order chi connectivity index (χ0) is 13.8. The maximum atomic E-state index is 11.9. The monoisotopic (exact) mass is 275 g/mol. The van der Waals surface area contributed by atoms with Gasteiger partial charge in [-0.3, -0.25) is 4.79 Å². The SMILES string of the molecule is Cc1cnc(Cl)c(NC(=O)Cc2ccccc2N)c1. The Bertz CT molecular complexity index is 613. The number of hydrogen-bond acceptors (Lipinski definition) is 3. The van der Waals surface area contributed by atoms with Gasteiger partial charge in [0.2, 0.25) is 5.91 Å². The van der Waals surface area contributed by atoms with Gasteiger partial charge in [0.15, 0.2) is 5.15 Å². The molecule has 5 heteroatoms. The van der Waals surface area contributed by atoms with E-state index in [1.54, 1.807) is 18.3 Å². The number of hydrogen-bond donors (Lipinski definition) is 2. The number of halogens is 1. The molecule has 1 heterocycles. The minimum atomic E-state index is -0.174. The third-order valence-corrected chi connectivity index (χ3v) is 2.96. The molecule has 2 aromatic rings. The van der Waals surface area contributed by atoms with Gasteiger partial charge in [-0.05, 0) is 30.2 Å². The van der Waals surface area contributed by atoms with Crippen LogP contribution in [0.3, 0.4) is 0 Å². The lowest BCUT2D eigenvalue weighted by Gasteiger charge is -2.08. The van der Waals surface area contributed by atoms with E-state index in [2.05, 4.69) is 10.3 Å². The molecule has 2 rings (SSSR count). The Kier molecular flexibility index (Phi) is 4.02. The molecule has 0 aliphatic rings. The predicted molar refractivity (Wildman–Crippen MR) is 77.2 cm³/mol. The second kappa shape index (κ2) is 5.71. The van der Waals surface area contributed by atoms with Gasteiger partial charge in [-0.15, -0.1) is 0 Å². The molecule has 0 aliphatic carbocycles. The minimum Gasteiger partial charge on any atom is -0.398 e. The van der Waals surface area contributed by atoms with Crippen molar-refractivity contribution < 1.29 is 4.79 Å². The topological polar surface area (TPSA) is 68.0 Å². The zero-order valence-corrected chi connectivity index (χ0v) is 11.2. The number of nitrogens with one attached hydrogen (secondary N) is 1. The van der Waals surface area contributed by atoms with Gasteiger partial charge in [0.1, 0.15) is 0 Å². The Hall–Kier alpha value is -2.07. The van der Waals surface area contributed by atoms with Gasteiger partial charge in [-0.25, -0.2) is 4.98 Å². The molecule has 0 bridgehead atoms. The molecule has 1 aromatic heterocycles. The van der Waals surface area contributed by atoms with E-state index < -0.39 is 0 Å². The third kappa shape index (κ3) is 3.45. The average Bonchev–Trinajstić information content (AvgIpc) is 2.37. The highest BCUT2D eigenvalue weighted by molar-refractivity contribution is 6.32. The van der Waals surface area contributed by atoms with Crippen LogP contribution in [0.4, 0.5) is 11.4 Å². The number of benzene rings is 1.